The molecule has 2 N–H and O–H groups in total. The third-order valence-corrected chi connectivity index (χ3v) is 3.35. The molecule has 5 heteroatoms. The summed E-state index contributed by atoms with van der Waals surface area (Å²) in [5.74, 6) is 0.0832. The van der Waals surface area contributed by atoms with Crippen LogP contribution in [0.15, 0.2) is 0 Å². The second-order valence-corrected chi connectivity index (χ2v) is 5.04. The van der Waals surface area contributed by atoms with Gasteiger partial charge in [-0.3, -0.25) is 9.48 Å². The molecule has 0 radical (unpaired) electrons. The van der Waals surface area contributed by atoms with Gasteiger partial charge in [-0.2, -0.15) is 5.10 Å². The molecular weight excluding hydrogens is 226 g/mol. The van der Waals surface area contributed by atoms with Gasteiger partial charge in [0, 0.05) is 19.0 Å². The lowest BCUT2D eigenvalue weighted by Crippen LogP contribution is -2.34. The summed E-state index contributed by atoms with van der Waals surface area (Å²) in [7, 11) is 1.79. The normalized spacial score (nSPS) is 11.9. The van der Waals surface area contributed by atoms with Crippen LogP contribution < -0.4 is 5.73 Å². The number of aryl methyl sites for hydroxylation is 2. The van der Waals surface area contributed by atoms with Gasteiger partial charge >= 0.3 is 0 Å². The Kier molecular flexibility index (Phi) is 3.76. The predicted molar refractivity (Wildman–Crippen MR) is 64.5 cm³/mol. The van der Waals surface area contributed by atoms with Gasteiger partial charge < -0.3 is 5.73 Å². The zero-order valence-electron chi connectivity index (χ0n) is 10.2. The predicted octanol–water partition coefficient (Wildman–Crippen LogP) is 1.48. The second-order valence-electron chi connectivity index (χ2n) is 4.66. The summed E-state index contributed by atoms with van der Waals surface area (Å²) in [4.78, 5) is 12.0. The smallest absolute Gasteiger partial charge is 0.145 e. The summed E-state index contributed by atoms with van der Waals surface area (Å²) in [6.07, 6.45) is 0.278. The van der Waals surface area contributed by atoms with Gasteiger partial charge in [0.1, 0.15) is 5.78 Å². The molecule has 0 aliphatic rings. The first-order chi connectivity index (χ1) is 7.29. The Bertz CT molecular complexity index is 410. The molecule has 0 saturated carbocycles. The fourth-order valence-corrected chi connectivity index (χ4v) is 1.60. The van der Waals surface area contributed by atoms with E-state index >= 15 is 0 Å². The number of ketones is 1. The maximum absolute atomic E-state index is 12.0. The molecule has 16 heavy (non-hydrogen) atoms. The van der Waals surface area contributed by atoms with Crippen LogP contribution in [0.2, 0.25) is 5.02 Å². The van der Waals surface area contributed by atoms with E-state index in [2.05, 4.69) is 5.10 Å². The molecule has 0 unspecified atom stereocenters. The van der Waals surface area contributed by atoms with E-state index in [1.807, 2.05) is 20.8 Å². The van der Waals surface area contributed by atoms with Crippen molar-refractivity contribution in [1.29, 1.82) is 0 Å². The molecule has 0 aromatic carbocycles. The summed E-state index contributed by atoms with van der Waals surface area (Å²) >= 11 is 6.08. The molecule has 1 heterocycles. The summed E-state index contributed by atoms with van der Waals surface area (Å²) in [6.45, 7) is 5.84. The van der Waals surface area contributed by atoms with Gasteiger partial charge in [-0.25, -0.2) is 0 Å². The molecule has 1 aromatic heterocycles. The number of hydrogen-bond acceptors (Lipinski definition) is 3. The van der Waals surface area contributed by atoms with Crippen LogP contribution in [0.5, 0.6) is 0 Å². The van der Waals surface area contributed by atoms with Crippen molar-refractivity contribution in [3.8, 4) is 0 Å². The Morgan fingerprint density at radius 2 is 2.12 bits per heavy atom. The van der Waals surface area contributed by atoms with Crippen molar-refractivity contribution in [2.75, 3.05) is 6.54 Å². The zero-order chi connectivity index (χ0) is 12.5. The van der Waals surface area contributed by atoms with Crippen LogP contribution >= 0.6 is 11.6 Å². The Labute approximate surface area is 101 Å². The van der Waals surface area contributed by atoms with Gasteiger partial charge in [0.25, 0.3) is 0 Å². The fourth-order valence-electron chi connectivity index (χ4n) is 1.38. The van der Waals surface area contributed by atoms with Crippen molar-refractivity contribution in [1.82, 2.24) is 9.78 Å². The van der Waals surface area contributed by atoms with Gasteiger partial charge in [-0.1, -0.05) is 25.4 Å². The summed E-state index contributed by atoms with van der Waals surface area (Å²) < 4.78 is 1.65. The van der Waals surface area contributed by atoms with Crippen molar-refractivity contribution in [2.45, 2.75) is 27.2 Å². The highest BCUT2D eigenvalue weighted by atomic mass is 35.5. The fraction of sp³-hybridized carbons (Fsp3) is 0.636. The number of hydrogen-bond donors (Lipinski definition) is 1. The topological polar surface area (TPSA) is 60.9 Å². The van der Waals surface area contributed by atoms with Crippen LogP contribution in [0, 0.1) is 12.3 Å². The first kappa shape index (κ1) is 13.2. The average molecular weight is 244 g/mol. The van der Waals surface area contributed by atoms with Crippen molar-refractivity contribution >= 4 is 17.4 Å². The molecule has 0 bridgehead atoms. The molecular formula is C11H18ClN3O. The highest BCUT2D eigenvalue weighted by Gasteiger charge is 2.27. The Balaban J connectivity index is 2.94. The average Bonchev–Trinajstić information content (AvgIpc) is 2.45. The van der Waals surface area contributed by atoms with Gasteiger partial charge in [0.15, 0.2) is 0 Å². The lowest BCUT2D eigenvalue weighted by molar-refractivity contribution is -0.126. The number of carbonyl (C=O) groups is 1. The number of rotatable bonds is 4. The monoisotopic (exact) mass is 243 g/mol. The highest BCUT2D eigenvalue weighted by Crippen LogP contribution is 2.23. The molecule has 4 nitrogen and oxygen atoms in total. The van der Waals surface area contributed by atoms with E-state index in [-0.39, 0.29) is 12.2 Å². The Hall–Kier alpha value is -0.870. The van der Waals surface area contributed by atoms with Crippen LogP contribution in [-0.4, -0.2) is 22.1 Å². The lowest BCUT2D eigenvalue weighted by atomic mass is 9.86. The van der Waals surface area contributed by atoms with E-state index in [1.165, 1.54) is 0 Å². The van der Waals surface area contributed by atoms with Crippen LogP contribution in [0.3, 0.4) is 0 Å². The summed E-state index contributed by atoms with van der Waals surface area (Å²) in [5, 5.41) is 4.75. The molecule has 0 aliphatic carbocycles. The van der Waals surface area contributed by atoms with Crippen LogP contribution in [0.1, 0.15) is 25.2 Å². The first-order valence-corrected chi connectivity index (χ1v) is 5.58. The minimum Gasteiger partial charge on any atom is -0.329 e. The van der Waals surface area contributed by atoms with Crippen molar-refractivity contribution in [2.24, 2.45) is 18.2 Å². The number of nitrogens with two attached hydrogens (primary N) is 1. The molecule has 0 spiro atoms. The van der Waals surface area contributed by atoms with Crippen LogP contribution in [0.4, 0.5) is 0 Å². The number of carbonyl (C=O) groups excluding carboxylic acids is 1. The summed E-state index contributed by atoms with van der Waals surface area (Å²) in [6, 6.07) is 0. The molecule has 0 atom stereocenters. The molecule has 0 aliphatic heterocycles. The van der Waals surface area contributed by atoms with E-state index in [9.17, 15) is 4.79 Å². The minimum atomic E-state index is -0.512. The molecule has 1 rings (SSSR count). The maximum atomic E-state index is 12.0. The quantitative estimate of drug-likeness (QED) is 0.871. The molecule has 1 aromatic rings. The lowest BCUT2D eigenvalue weighted by Gasteiger charge is -2.20. The van der Waals surface area contributed by atoms with Gasteiger partial charge in [-0.05, 0) is 6.92 Å². The van der Waals surface area contributed by atoms with E-state index in [1.54, 1.807) is 11.7 Å². The Morgan fingerprint density at radius 3 is 2.50 bits per heavy atom. The standard InChI is InChI=1S/C11H18ClN3O/c1-7-10(12)8(15(4)14-7)5-9(16)11(2,3)6-13/h5-6,13H2,1-4H3. The minimum absolute atomic E-state index is 0.0832. The van der Waals surface area contributed by atoms with Crippen molar-refractivity contribution < 1.29 is 4.79 Å². The number of Topliss-reactive ketones (excluding diaryl/α,β-unsaturated/α-hetero) is 1. The van der Waals surface area contributed by atoms with E-state index in [0.29, 0.717) is 11.6 Å². The SMILES string of the molecule is Cc1nn(C)c(CC(=O)C(C)(C)CN)c1Cl. The largest absolute Gasteiger partial charge is 0.329 e. The van der Waals surface area contributed by atoms with Gasteiger partial charge in [0.2, 0.25) is 0 Å². The van der Waals surface area contributed by atoms with E-state index < -0.39 is 5.41 Å². The van der Waals surface area contributed by atoms with E-state index in [4.69, 9.17) is 17.3 Å². The number of halogens is 1. The highest BCUT2D eigenvalue weighted by molar-refractivity contribution is 6.32. The van der Waals surface area contributed by atoms with Gasteiger partial charge in [-0.15, -0.1) is 0 Å². The molecule has 90 valence electrons. The van der Waals surface area contributed by atoms with Crippen LogP contribution in [0.25, 0.3) is 0 Å². The van der Waals surface area contributed by atoms with Crippen LogP contribution in [-0.2, 0) is 18.3 Å². The second kappa shape index (κ2) is 4.55. The van der Waals surface area contributed by atoms with Crippen molar-refractivity contribution in [3.05, 3.63) is 16.4 Å². The first-order valence-electron chi connectivity index (χ1n) is 5.21. The third kappa shape index (κ3) is 2.44. The molecule has 0 fully saturated rings. The zero-order valence-corrected chi connectivity index (χ0v) is 10.9. The summed E-state index contributed by atoms with van der Waals surface area (Å²) in [5.41, 5.74) is 6.56. The third-order valence-electron chi connectivity index (χ3n) is 2.85. The maximum Gasteiger partial charge on any atom is 0.145 e. The van der Waals surface area contributed by atoms with E-state index in [0.717, 1.165) is 11.4 Å². The molecule has 0 saturated heterocycles. The number of aromatic nitrogens is 2. The number of nitrogens with zero attached hydrogens (tertiary/aromatic N) is 2. The Morgan fingerprint density at radius 1 is 1.56 bits per heavy atom. The molecule has 0 amide bonds. The van der Waals surface area contributed by atoms with Gasteiger partial charge in [0.05, 0.1) is 22.8 Å². The van der Waals surface area contributed by atoms with Crippen molar-refractivity contribution in [3.63, 3.8) is 0 Å².